The summed E-state index contributed by atoms with van der Waals surface area (Å²) in [6, 6.07) is 11.4. The number of methoxy groups -OCH3 is 1. The zero-order chi connectivity index (χ0) is 19.3. The van der Waals surface area contributed by atoms with Crippen LogP contribution in [0.15, 0.2) is 42.5 Å². The van der Waals surface area contributed by atoms with Crippen LogP contribution in [0.3, 0.4) is 0 Å². The molecular weight excluding hydrogens is 334 g/mol. The maximum Gasteiger partial charge on any atom is 0.271 e. The number of rotatable bonds is 7. The van der Waals surface area contributed by atoms with Crippen molar-refractivity contribution in [3.05, 3.63) is 58.1 Å². The molecule has 0 radical (unpaired) electrons. The second-order valence-electron chi connectivity index (χ2n) is 6.28. The lowest BCUT2D eigenvalue weighted by Gasteiger charge is -2.17. The number of nitrogens with one attached hydrogen (secondary N) is 2. The molecule has 7 nitrogen and oxygen atoms in total. The van der Waals surface area contributed by atoms with Gasteiger partial charge in [0, 0.05) is 17.8 Å². The van der Waals surface area contributed by atoms with Crippen molar-refractivity contribution in [1.82, 2.24) is 0 Å². The lowest BCUT2D eigenvalue weighted by atomic mass is 10.0. The third kappa shape index (κ3) is 4.72. The Morgan fingerprint density at radius 3 is 2.50 bits per heavy atom. The largest absolute Gasteiger partial charge is 0.495 e. The summed E-state index contributed by atoms with van der Waals surface area (Å²) in [4.78, 5) is 22.9. The van der Waals surface area contributed by atoms with Crippen molar-refractivity contribution in [2.45, 2.75) is 32.7 Å². The number of anilines is 2. The molecule has 0 saturated heterocycles. The number of hydrogen-bond donors (Lipinski definition) is 2. The smallest absolute Gasteiger partial charge is 0.271 e. The molecule has 0 saturated carbocycles. The molecule has 0 unspecified atom stereocenters. The van der Waals surface area contributed by atoms with Gasteiger partial charge in [-0.15, -0.1) is 0 Å². The third-order valence-corrected chi connectivity index (χ3v) is 3.98. The highest BCUT2D eigenvalue weighted by molar-refractivity contribution is 5.97. The topological polar surface area (TPSA) is 93.5 Å². The standard InChI is InChI=1S/C19H23N3O4/c1-12(2)14-6-5-7-15(10-14)20-13(3)19(23)21-17-11-16(22(24)25)8-9-18(17)26-4/h5-13,20H,1-4H3,(H,21,23)/t13-/m1/s1. The molecule has 2 aromatic carbocycles. The molecular formula is C19H23N3O4. The monoisotopic (exact) mass is 357 g/mol. The van der Waals surface area contributed by atoms with Gasteiger partial charge in [0.15, 0.2) is 0 Å². The lowest BCUT2D eigenvalue weighted by Crippen LogP contribution is -2.32. The van der Waals surface area contributed by atoms with Crippen LogP contribution in [0.4, 0.5) is 17.1 Å². The number of benzene rings is 2. The number of carbonyl (C=O) groups is 1. The average molecular weight is 357 g/mol. The normalized spacial score (nSPS) is 11.7. The molecule has 138 valence electrons. The van der Waals surface area contributed by atoms with Crippen LogP contribution in [-0.4, -0.2) is 24.0 Å². The molecule has 0 bridgehead atoms. The number of amides is 1. The van der Waals surface area contributed by atoms with Gasteiger partial charge in [0.1, 0.15) is 11.8 Å². The van der Waals surface area contributed by atoms with Crippen molar-refractivity contribution in [3.63, 3.8) is 0 Å². The van der Waals surface area contributed by atoms with Gasteiger partial charge in [-0.3, -0.25) is 14.9 Å². The number of ether oxygens (including phenoxy) is 1. The van der Waals surface area contributed by atoms with Crippen LogP contribution < -0.4 is 15.4 Å². The summed E-state index contributed by atoms with van der Waals surface area (Å²) >= 11 is 0. The number of non-ortho nitro benzene ring substituents is 1. The molecule has 0 aliphatic heterocycles. The van der Waals surface area contributed by atoms with Crippen LogP contribution in [0.1, 0.15) is 32.3 Å². The quantitative estimate of drug-likeness (QED) is 0.573. The molecule has 0 spiro atoms. The van der Waals surface area contributed by atoms with E-state index in [9.17, 15) is 14.9 Å². The van der Waals surface area contributed by atoms with Gasteiger partial charge in [0.25, 0.3) is 5.69 Å². The summed E-state index contributed by atoms with van der Waals surface area (Å²) in [5, 5.41) is 16.8. The van der Waals surface area contributed by atoms with E-state index < -0.39 is 11.0 Å². The molecule has 0 aliphatic carbocycles. The molecule has 0 heterocycles. The van der Waals surface area contributed by atoms with E-state index in [1.54, 1.807) is 6.92 Å². The van der Waals surface area contributed by atoms with Crippen LogP contribution >= 0.6 is 0 Å². The van der Waals surface area contributed by atoms with E-state index in [1.807, 2.05) is 24.3 Å². The summed E-state index contributed by atoms with van der Waals surface area (Å²) in [7, 11) is 1.44. The van der Waals surface area contributed by atoms with E-state index in [-0.39, 0.29) is 17.3 Å². The average Bonchev–Trinajstić information content (AvgIpc) is 2.61. The van der Waals surface area contributed by atoms with Gasteiger partial charge >= 0.3 is 0 Å². The first-order chi connectivity index (χ1) is 12.3. The van der Waals surface area contributed by atoms with Crippen molar-refractivity contribution < 1.29 is 14.5 Å². The van der Waals surface area contributed by atoms with E-state index in [2.05, 4.69) is 24.5 Å². The van der Waals surface area contributed by atoms with Gasteiger partial charge in [0.2, 0.25) is 5.91 Å². The van der Waals surface area contributed by atoms with Gasteiger partial charge in [-0.2, -0.15) is 0 Å². The van der Waals surface area contributed by atoms with Gasteiger partial charge in [-0.05, 0) is 36.6 Å². The summed E-state index contributed by atoms with van der Waals surface area (Å²) in [6.07, 6.45) is 0. The molecule has 2 aromatic rings. The van der Waals surface area contributed by atoms with Crippen molar-refractivity contribution in [1.29, 1.82) is 0 Å². The molecule has 7 heteroatoms. The highest BCUT2D eigenvalue weighted by Crippen LogP contribution is 2.29. The molecule has 26 heavy (non-hydrogen) atoms. The molecule has 1 amide bonds. The number of nitro benzene ring substituents is 1. The second kappa shape index (κ2) is 8.33. The summed E-state index contributed by atoms with van der Waals surface area (Å²) in [5.74, 6) is 0.423. The van der Waals surface area contributed by atoms with E-state index in [1.165, 1.54) is 30.9 Å². The van der Waals surface area contributed by atoms with E-state index in [0.29, 0.717) is 11.7 Å². The van der Waals surface area contributed by atoms with Crippen molar-refractivity contribution in [3.8, 4) is 5.75 Å². The molecule has 0 aromatic heterocycles. The maximum absolute atomic E-state index is 12.5. The fraction of sp³-hybridized carbons (Fsp3) is 0.316. The predicted octanol–water partition coefficient (Wildman–Crippen LogP) is 4.17. The lowest BCUT2D eigenvalue weighted by molar-refractivity contribution is -0.384. The summed E-state index contributed by atoms with van der Waals surface area (Å²) in [5.41, 5.74) is 2.15. The first-order valence-corrected chi connectivity index (χ1v) is 8.31. The minimum Gasteiger partial charge on any atom is -0.495 e. The van der Waals surface area contributed by atoms with Crippen LogP contribution in [-0.2, 0) is 4.79 Å². The van der Waals surface area contributed by atoms with Gasteiger partial charge < -0.3 is 15.4 Å². The Balaban J connectivity index is 2.13. The Hall–Kier alpha value is -3.09. The van der Waals surface area contributed by atoms with Crippen LogP contribution in [0, 0.1) is 10.1 Å². The van der Waals surface area contributed by atoms with Gasteiger partial charge in [-0.25, -0.2) is 0 Å². The molecule has 0 aliphatic rings. The first kappa shape index (κ1) is 19.2. The molecule has 2 rings (SSSR count). The maximum atomic E-state index is 12.5. The van der Waals surface area contributed by atoms with Crippen LogP contribution in [0.25, 0.3) is 0 Å². The third-order valence-electron chi connectivity index (χ3n) is 3.98. The van der Waals surface area contributed by atoms with Gasteiger partial charge in [0.05, 0.1) is 17.7 Å². The Kier molecular flexibility index (Phi) is 6.16. The van der Waals surface area contributed by atoms with Crippen molar-refractivity contribution in [2.75, 3.05) is 17.7 Å². The minimum absolute atomic E-state index is 0.119. The molecule has 2 N–H and O–H groups in total. The van der Waals surface area contributed by atoms with E-state index >= 15 is 0 Å². The fourth-order valence-corrected chi connectivity index (χ4v) is 2.45. The highest BCUT2D eigenvalue weighted by atomic mass is 16.6. The van der Waals surface area contributed by atoms with Crippen molar-refractivity contribution >= 4 is 23.0 Å². The van der Waals surface area contributed by atoms with Crippen LogP contribution in [0.2, 0.25) is 0 Å². The summed E-state index contributed by atoms with van der Waals surface area (Å²) < 4.78 is 5.16. The predicted molar refractivity (Wildman–Crippen MR) is 102 cm³/mol. The minimum atomic E-state index is -0.540. The Morgan fingerprint density at radius 2 is 1.88 bits per heavy atom. The Morgan fingerprint density at radius 1 is 1.15 bits per heavy atom. The number of carbonyl (C=O) groups excluding carboxylic acids is 1. The number of nitro groups is 1. The Bertz CT molecular complexity index is 805. The molecule has 0 fully saturated rings. The highest BCUT2D eigenvalue weighted by Gasteiger charge is 2.18. The molecule has 1 atom stereocenters. The van der Waals surface area contributed by atoms with Crippen molar-refractivity contribution in [2.24, 2.45) is 0 Å². The fourth-order valence-electron chi connectivity index (χ4n) is 2.45. The van der Waals surface area contributed by atoms with Crippen LogP contribution in [0.5, 0.6) is 5.75 Å². The SMILES string of the molecule is COc1ccc([N+](=O)[O-])cc1NC(=O)[C@@H](C)Nc1cccc(C(C)C)c1. The zero-order valence-corrected chi connectivity index (χ0v) is 15.3. The van der Waals surface area contributed by atoms with E-state index in [0.717, 1.165) is 5.69 Å². The Labute approximate surface area is 152 Å². The first-order valence-electron chi connectivity index (χ1n) is 8.31. The second-order valence-corrected chi connectivity index (χ2v) is 6.28. The zero-order valence-electron chi connectivity index (χ0n) is 15.3. The van der Waals surface area contributed by atoms with E-state index in [4.69, 9.17) is 4.74 Å². The summed E-state index contributed by atoms with van der Waals surface area (Å²) in [6.45, 7) is 5.93. The number of nitrogens with zero attached hydrogens (tertiary/aromatic N) is 1. The van der Waals surface area contributed by atoms with Gasteiger partial charge in [-0.1, -0.05) is 26.0 Å². The number of hydrogen-bond acceptors (Lipinski definition) is 5.